The van der Waals surface area contributed by atoms with Crippen molar-refractivity contribution in [2.75, 3.05) is 7.05 Å². The van der Waals surface area contributed by atoms with Crippen molar-refractivity contribution in [2.45, 2.75) is 26.8 Å². The second-order valence-corrected chi connectivity index (χ2v) is 5.13. The number of rotatable bonds is 3. The first kappa shape index (κ1) is 14.7. The SMILES string of the molecule is CNC(c1cc(C)c(F)cc1F)c1cccc(C)c1C. The van der Waals surface area contributed by atoms with Crippen LogP contribution in [0.15, 0.2) is 30.3 Å². The lowest BCUT2D eigenvalue weighted by Gasteiger charge is -2.21. The molecule has 0 aliphatic heterocycles. The molecular weight excluding hydrogens is 256 g/mol. The van der Waals surface area contributed by atoms with Gasteiger partial charge in [0, 0.05) is 11.6 Å². The van der Waals surface area contributed by atoms with Crippen LogP contribution in [0.2, 0.25) is 0 Å². The average molecular weight is 275 g/mol. The zero-order chi connectivity index (χ0) is 14.9. The van der Waals surface area contributed by atoms with E-state index >= 15 is 0 Å². The predicted molar refractivity (Wildman–Crippen MR) is 77.9 cm³/mol. The molecule has 2 aromatic carbocycles. The molecule has 0 bridgehead atoms. The summed E-state index contributed by atoms with van der Waals surface area (Å²) < 4.78 is 27.5. The molecule has 0 amide bonds. The first-order valence-electron chi connectivity index (χ1n) is 6.64. The smallest absolute Gasteiger partial charge is 0.131 e. The van der Waals surface area contributed by atoms with Crippen LogP contribution in [-0.2, 0) is 0 Å². The van der Waals surface area contributed by atoms with Crippen LogP contribution in [0.25, 0.3) is 0 Å². The predicted octanol–water partition coefficient (Wildman–Crippen LogP) is 4.20. The standard InChI is InChI=1S/C17H19F2N/c1-10-6-5-7-13(12(10)3)17(20-4)14-8-11(2)15(18)9-16(14)19/h5-9,17,20H,1-4H3. The molecule has 20 heavy (non-hydrogen) atoms. The molecule has 106 valence electrons. The summed E-state index contributed by atoms with van der Waals surface area (Å²) in [7, 11) is 1.78. The van der Waals surface area contributed by atoms with E-state index in [0.29, 0.717) is 11.1 Å². The van der Waals surface area contributed by atoms with Crippen molar-refractivity contribution < 1.29 is 8.78 Å². The number of benzene rings is 2. The summed E-state index contributed by atoms with van der Waals surface area (Å²) in [6.07, 6.45) is 0. The van der Waals surface area contributed by atoms with Crippen molar-refractivity contribution in [3.05, 3.63) is 69.8 Å². The van der Waals surface area contributed by atoms with E-state index in [1.807, 2.05) is 32.0 Å². The van der Waals surface area contributed by atoms with Gasteiger partial charge in [-0.15, -0.1) is 0 Å². The molecule has 2 aromatic rings. The van der Waals surface area contributed by atoms with Gasteiger partial charge in [-0.25, -0.2) is 8.78 Å². The third kappa shape index (κ3) is 2.59. The molecule has 1 unspecified atom stereocenters. The van der Waals surface area contributed by atoms with Gasteiger partial charge in [-0.1, -0.05) is 18.2 Å². The Bertz CT molecular complexity index is 635. The van der Waals surface area contributed by atoms with Crippen molar-refractivity contribution >= 4 is 0 Å². The first-order chi connectivity index (χ1) is 9.45. The molecular formula is C17H19F2N. The van der Waals surface area contributed by atoms with Gasteiger partial charge in [-0.2, -0.15) is 0 Å². The van der Waals surface area contributed by atoms with Crippen LogP contribution >= 0.6 is 0 Å². The van der Waals surface area contributed by atoms with Gasteiger partial charge in [0.15, 0.2) is 0 Å². The Morgan fingerprint density at radius 1 is 0.900 bits per heavy atom. The normalized spacial score (nSPS) is 12.5. The van der Waals surface area contributed by atoms with E-state index in [2.05, 4.69) is 5.32 Å². The van der Waals surface area contributed by atoms with E-state index in [1.54, 1.807) is 20.0 Å². The van der Waals surface area contributed by atoms with Gasteiger partial charge in [0.2, 0.25) is 0 Å². The lowest BCUT2D eigenvalue weighted by molar-refractivity contribution is 0.547. The van der Waals surface area contributed by atoms with Crippen LogP contribution < -0.4 is 5.32 Å². The van der Waals surface area contributed by atoms with Crippen LogP contribution in [0.4, 0.5) is 8.78 Å². The Hall–Kier alpha value is -1.74. The van der Waals surface area contributed by atoms with Crippen LogP contribution in [-0.4, -0.2) is 7.05 Å². The third-order valence-electron chi connectivity index (χ3n) is 3.84. The van der Waals surface area contributed by atoms with E-state index in [-0.39, 0.29) is 6.04 Å². The highest BCUT2D eigenvalue weighted by molar-refractivity contribution is 5.42. The Balaban J connectivity index is 2.58. The Labute approximate surface area is 118 Å². The van der Waals surface area contributed by atoms with Gasteiger partial charge in [-0.3, -0.25) is 0 Å². The maximum absolute atomic E-state index is 14.1. The van der Waals surface area contributed by atoms with Crippen molar-refractivity contribution in [3.8, 4) is 0 Å². The first-order valence-corrected chi connectivity index (χ1v) is 6.64. The fraction of sp³-hybridized carbons (Fsp3) is 0.294. The molecule has 0 aliphatic carbocycles. The minimum Gasteiger partial charge on any atom is -0.309 e. The van der Waals surface area contributed by atoms with E-state index in [0.717, 1.165) is 22.8 Å². The molecule has 0 fully saturated rings. The number of halogens is 2. The molecule has 0 aliphatic rings. The highest BCUT2D eigenvalue weighted by Gasteiger charge is 2.20. The quantitative estimate of drug-likeness (QED) is 0.885. The average Bonchev–Trinajstić information content (AvgIpc) is 2.41. The van der Waals surface area contributed by atoms with E-state index in [1.165, 1.54) is 0 Å². The van der Waals surface area contributed by atoms with Crippen LogP contribution in [0.1, 0.15) is 33.9 Å². The molecule has 0 heterocycles. The molecule has 1 N–H and O–H groups in total. The lowest BCUT2D eigenvalue weighted by Crippen LogP contribution is -2.20. The second-order valence-electron chi connectivity index (χ2n) is 5.13. The zero-order valence-electron chi connectivity index (χ0n) is 12.2. The van der Waals surface area contributed by atoms with Crippen LogP contribution in [0, 0.1) is 32.4 Å². The van der Waals surface area contributed by atoms with E-state index in [4.69, 9.17) is 0 Å². The molecule has 1 nitrogen and oxygen atoms in total. The van der Waals surface area contributed by atoms with Crippen LogP contribution in [0.3, 0.4) is 0 Å². The van der Waals surface area contributed by atoms with Crippen molar-refractivity contribution in [3.63, 3.8) is 0 Å². The second kappa shape index (κ2) is 5.71. The minimum absolute atomic E-state index is 0.283. The van der Waals surface area contributed by atoms with E-state index in [9.17, 15) is 8.78 Å². The topological polar surface area (TPSA) is 12.0 Å². The Kier molecular flexibility index (Phi) is 4.19. The van der Waals surface area contributed by atoms with Gasteiger partial charge in [0.1, 0.15) is 11.6 Å². The third-order valence-corrected chi connectivity index (χ3v) is 3.84. The van der Waals surface area contributed by atoms with Gasteiger partial charge >= 0.3 is 0 Å². The summed E-state index contributed by atoms with van der Waals surface area (Å²) in [6, 6.07) is 8.21. The van der Waals surface area contributed by atoms with Crippen molar-refractivity contribution in [2.24, 2.45) is 0 Å². The van der Waals surface area contributed by atoms with Gasteiger partial charge < -0.3 is 5.32 Å². The van der Waals surface area contributed by atoms with Gasteiger partial charge in [0.25, 0.3) is 0 Å². The number of aryl methyl sites for hydroxylation is 2. The number of hydrogen-bond acceptors (Lipinski definition) is 1. The fourth-order valence-electron chi connectivity index (χ4n) is 2.47. The van der Waals surface area contributed by atoms with Gasteiger partial charge in [0.05, 0.1) is 6.04 Å². The fourth-order valence-corrected chi connectivity index (χ4v) is 2.47. The number of hydrogen-bond donors (Lipinski definition) is 1. The lowest BCUT2D eigenvalue weighted by atomic mass is 9.91. The molecule has 2 rings (SSSR count). The van der Waals surface area contributed by atoms with Gasteiger partial charge in [-0.05, 0) is 56.1 Å². The molecule has 1 atom stereocenters. The molecule has 0 aromatic heterocycles. The largest absolute Gasteiger partial charge is 0.309 e. The summed E-state index contributed by atoms with van der Waals surface area (Å²) >= 11 is 0. The van der Waals surface area contributed by atoms with E-state index < -0.39 is 11.6 Å². The number of nitrogens with one attached hydrogen (secondary N) is 1. The van der Waals surface area contributed by atoms with Crippen molar-refractivity contribution in [1.29, 1.82) is 0 Å². The van der Waals surface area contributed by atoms with Crippen molar-refractivity contribution in [1.82, 2.24) is 5.32 Å². The summed E-state index contributed by atoms with van der Waals surface area (Å²) in [6.45, 7) is 5.69. The Morgan fingerprint density at radius 3 is 2.25 bits per heavy atom. The summed E-state index contributed by atoms with van der Waals surface area (Å²) in [5.74, 6) is -1.03. The summed E-state index contributed by atoms with van der Waals surface area (Å²) in [5.41, 5.74) is 4.21. The molecule has 0 spiro atoms. The highest BCUT2D eigenvalue weighted by Crippen LogP contribution is 2.29. The molecule has 3 heteroatoms. The summed E-state index contributed by atoms with van der Waals surface area (Å²) in [4.78, 5) is 0. The Morgan fingerprint density at radius 2 is 1.60 bits per heavy atom. The molecule has 0 radical (unpaired) electrons. The van der Waals surface area contributed by atoms with Crippen LogP contribution in [0.5, 0.6) is 0 Å². The minimum atomic E-state index is -0.520. The maximum atomic E-state index is 14.1. The highest BCUT2D eigenvalue weighted by atomic mass is 19.1. The molecule has 0 saturated carbocycles. The monoisotopic (exact) mass is 275 g/mol. The molecule has 0 saturated heterocycles. The summed E-state index contributed by atoms with van der Waals surface area (Å²) in [5, 5.41) is 3.13. The maximum Gasteiger partial charge on any atom is 0.131 e. The zero-order valence-corrected chi connectivity index (χ0v) is 12.2.